The molecule has 9 nitrogen and oxygen atoms in total. The Morgan fingerprint density at radius 1 is 1.44 bits per heavy atom. The second-order valence-corrected chi connectivity index (χ2v) is 10.4. The Labute approximate surface area is 143 Å². The number of hydrogen-bond donors (Lipinski definition) is 1. The number of carboxylic acids is 1. The summed E-state index contributed by atoms with van der Waals surface area (Å²) in [5.74, 6) is -3.58. The molecule has 1 unspecified atom stereocenters. The first kappa shape index (κ1) is 17.5. The molecule has 2 aliphatic heterocycles. The van der Waals surface area contributed by atoms with Crippen LogP contribution in [-0.4, -0.2) is 72.4 Å². The molecule has 3 heterocycles. The summed E-state index contributed by atoms with van der Waals surface area (Å²) >= 11 is 0. The highest BCUT2D eigenvalue weighted by atomic mass is 32.2. The van der Waals surface area contributed by atoms with E-state index in [0.29, 0.717) is 11.9 Å². The van der Waals surface area contributed by atoms with Gasteiger partial charge in [-0.05, 0) is 18.2 Å². The van der Waals surface area contributed by atoms with E-state index in [1.165, 1.54) is 12.3 Å². The molecule has 1 N–H and O–H groups in total. The summed E-state index contributed by atoms with van der Waals surface area (Å²) in [6.45, 7) is -0.705. The van der Waals surface area contributed by atoms with Gasteiger partial charge in [0, 0.05) is 12.5 Å². The first-order chi connectivity index (χ1) is 11.5. The number of carboxylic acid groups (broad SMARTS) is 1. The minimum absolute atomic E-state index is 0.0498. The Kier molecular flexibility index (Phi) is 3.76. The fraction of sp³-hybridized carbons (Fsp3) is 0.357. The van der Waals surface area contributed by atoms with Crippen LogP contribution >= 0.6 is 0 Å². The van der Waals surface area contributed by atoms with Gasteiger partial charge >= 0.3 is 5.97 Å². The molecule has 2 atom stereocenters. The Morgan fingerprint density at radius 2 is 2.12 bits per heavy atom. The van der Waals surface area contributed by atoms with Crippen molar-refractivity contribution in [1.29, 1.82) is 0 Å². The van der Waals surface area contributed by atoms with Crippen molar-refractivity contribution in [3.05, 3.63) is 35.7 Å². The number of nitrogens with zero attached hydrogens (tertiary/aromatic N) is 2. The lowest BCUT2D eigenvalue weighted by molar-refractivity contribution is -0.143. The van der Waals surface area contributed by atoms with Gasteiger partial charge in [-0.15, -0.1) is 0 Å². The predicted molar refractivity (Wildman–Crippen MR) is 86.7 cm³/mol. The van der Waals surface area contributed by atoms with Crippen LogP contribution in [0.3, 0.4) is 0 Å². The van der Waals surface area contributed by atoms with E-state index in [1.54, 1.807) is 18.2 Å². The molecule has 0 saturated carbocycles. The molecule has 1 amide bonds. The quantitative estimate of drug-likeness (QED) is 0.512. The lowest BCUT2D eigenvalue weighted by Gasteiger charge is -2.49. The molecule has 0 spiro atoms. The number of aromatic nitrogens is 1. The van der Waals surface area contributed by atoms with Crippen molar-refractivity contribution in [2.75, 3.05) is 18.6 Å². The van der Waals surface area contributed by atoms with Crippen molar-refractivity contribution in [1.82, 2.24) is 9.88 Å². The van der Waals surface area contributed by atoms with Crippen LogP contribution in [0.2, 0.25) is 0 Å². The average Bonchev–Trinajstić information content (AvgIpc) is 2.51. The van der Waals surface area contributed by atoms with E-state index < -0.39 is 54.0 Å². The Hall–Kier alpha value is -2.27. The minimum Gasteiger partial charge on any atom is -0.480 e. The molecule has 3 rings (SSSR count). The van der Waals surface area contributed by atoms with Crippen molar-refractivity contribution in [2.45, 2.75) is 10.1 Å². The first-order valence-corrected chi connectivity index (χ1v) is 10.7. The van der Waals surface area contributed by atoms with Crippen LogP contribution in [0.4, 0.5) is 0 Å². The van der Waals surface area contributed by atoms with E-state index in [2.05, 4.69) is 4.98 Å². The third-order valence-electron chi connectivity index (χ3n) is 4.35. The van der Waals surface area contributed by atoms with Crippen molar-refractivity contribution in [3.8, 4) is 0 Å². The molecule has 134 valence electrons. The second-order valence-electron chi connectivity index (χ2n) is 6.02. The fourth-order valence-electron chi connectivity index (χ4n) is 3.01. The Morgan fingerprint density at radius 3 is 2.64 bits per heavy atom. The highest BCUT2D eigenvalue weighted by molar-refractivity contribution is 7.97. The van der Waals surface area contributed by atoms with E-state index in [1.807, 2.05) is 0 Å². The molecular formula is C14H14N2O7S2. The molecule has 1 aromatic rings. The van der Waals surface area contributed by atoms with E-state index in [4.69, 9.17) is 0 Å². The number of pyridine rings is 1. The molecule has 2 saturated heterocycles. The van der Waals surface area contributed by atoms with Crippen LogP contribution in [0.5, 0.6) is 0 Å². The van der Waals surface area contributed by atoms with E-state index >= 15 is 0 Å². The van der Waals surface area contributed by atoms with Gasteiger partial charge in [-0.3, -0.25) is 14.6 Å². The monoisotopic (exact) mass is 386 g/mol. The number of β-lactam (4-membered cyclic amide) rings is 1. The zero-order valence-electron chi connectivity index (χ0n) is 13.0. The van der Waals surface area contributed by atoms with Gasteiger partial charge in [0.25, 0.3) is 5.91 Å². The van der Waals surface area contributed by atoms with Crippen LogP contribution in [0, 0.1) is 0 Å². The average molecular weight is 386 g/mol. The molecule has 11 heteroatoms. The third kappa shape index (κ3) is 2.54. The van der Waals surface area contributed by atoms with Gasteiger partial charge < -0.3 is 10.0 Å². The number of hydrogen-bond acceptors (Lipinski definition) is 7. The van der Waals surface area contributed by atoms with E-state index in [-0.39, 0.29) is 5.57 Å². The largest absolute Gasteiger partial charge is 0.480 e. The maximum atomic E-state index is 12.6. The van der Waals surface area contributed by atoms with Crippen LogP contribution in [-0.2, 0) is 29.3 Å². The third-order valence-corrected chi connectivity index (χ3v) is 8.48. The van der Waals surface area contributed by atoms with Crippen molar-refractivity contribution < 1.29 is 31.5 Å². The number of fused-ring (bicyclic) bond motifs is 1. The van der Waals surface area contributed by atoms with Crippen molar-refractivity contribution >= 4 is 37.6 Å². The molecular weight excluding hydrogens is 372 g/mol. The summed E-state index contributed by atoms with van der Waals surface area (Å²) in [7, 11) is -8.50. The maximum absolute atomic E-state index is 12.6. The zero-order chi connectivity index (χ0) is 18.6. The zero-order valence-corrected chi connectivity index (χ0v) is 14.6. The summed E-state index contributed by atoms with van der Waals surface area (Å²) in [6, 6.07) is 4.90. The highest BCUT2D eigenvalue weighted by Gasteiger charge is 2.65. The van der Waals surface area contributed by atoms with Crippen LogP contribution in [0.1, 0.15) is 5.69 Å². The molecule has 0 aliphatic carbocycles. The summed E-state index contributed by atoms with van der Waals surface area (Å²) in [5.41, 5.74) is 0.324. The number of carbonyl (C=O) groups is 2. The van der Waals surface area contributed by atoms with Gasteiger partial charge in [0.05, 0.1) is 23.6 Å². The summed E-state index contributed by atoms with van der Waals surface area (Å²) in [4.78, 5) is 28.6. The summed E-state index contributed by atoms with van der Waals surface area (Å²) in [5, 5.41) is 8.02. The van der Waals surface area contributed by atoms with E-state index in [9.17, 15) is 31.5 Å². The number of carbonyl (C=O) groups excluding carboxylic acids is 1. The molecule has 2 aliphatic rings. The molecule has 0 bridgehead atoms. The highest BCUT2D eigenvalue weighted by Crippen LogP contribution is 2.41. The van der Waals surface area contributed by atoms with Gasteiger partial charge in [-0.2, -0.15) is 0 Å². The number of aliphatic carboxylic acids is 1. The van der Waals surface area contributed by atoms with Crippen molar-refractivity contribution in [3.63, 3.8) is 0 Å². The smallest absolute Gasteiger partial charge is 0.327 e. The normalized spacial score (nSPS) is 29.8. The molecule has 0 radical (unpaired) electrons. The van der Waals surface area contributed by atoms with Gasteiger partial charge in [0.1, 0.15) is 0 Å². The van der Waals surface area contributed by atoms with Crippen LogP contribution in [0.25, 0.3) is 6.08 Å². The fourth-order valence-corrected chi connectivity index (χ4v) is 7.19. The van der Waals surface area contributed by atoms with E-state index in [0.717, 1.165) is 4.90 Å². The molecule has 1 aromatic heterocycles. The topological polar surface area (TPSA) is 139 Å². The lowest BCUT2D eigenvalue weighted by Crippen LogP contribution is -2.73. The standard InChI is InChI=1S/C14H14N2O7S2/c1-24(20,21)14(13(18)19)7-16-11(17)10(12(16)25(22,23)8-14)6-9-4-2-3-5-15-9/h2-6,12H,7-8H2,1H3,(H,18,19)/t12-,14?/m1/s1. The number of amides is 1. The minimum atomic E-state index is -4.28. The summed E-state index contributed by atoms with van der Waals surface area (Å²) in [6.07, 6.45) is 3.45. The summed E-state index contributed by atoms with van der Waals surface area (Å²) < 4.78 is 46.6. The van der Waals surface area contributed by atoms with Gasteiger partial charge in [-0.1, -0.05) is 6.07 Å². The van der Waals surface area contributed by atoms with Crippen molar-refractivity contribution in [2.24, 2.45) is 0 Å². The Bertz CT molecular complexity index is 999. The molecule has 0 aromatic carbocycles. The number of sulfone groups is 2. The van der Waals surface area contributed by atoms with Gasteiger partial charge in [0.2, 0.25) is 0 Å². The van der Waals surface area contributed by atoms with Crippen LogP contribution in [0.15, 0.2) is 30.0 Å². The first-order valence-electron chi connectivity index (χ1n) is 7.08. The predicted octanol–water partition coefficient (Wildman–Crippen LogP) is -1.07. The van der Waals surface area contributed by atoms with Gasteiger partial charge in [0.15, 0.2) is 29.8 Å². The molecule has 25 heavy (non-hydrogen) atoms. The number of rotatable bonds is 3. The SMILES string of the molecule is CS(=O)(=O)C1(C(=O)O)CN2C(=O)C(=Cc3ccccn3)[C@H]2S(=O)(=O)C1. The Balaban J connectivity index is 2.06. The van der Waals surface area contributed by atoms with Gasteiger partial charge in [-0.25, -0.2) is 16.8 Å². The maximum Gasteiger partial charge on any atom is 0.327 e. The van der Waals surface area contributed by atoms with Crippen LogP contribution < -0.4 is 0 Å². The lowest BCUT2D eigenvalue weighted by atomic mass is 10.0. The molecule has 2 fully saturated rings. The second kappa shape index (κ2) is 5.36.